The molecular formula is C10H10N2OS. The molecule has 2 rings (SSSR count). The monoisotopic (exact) mass is 206 g/mol. The number of thioether (sulfide) groups is 1. The fourth-order valence-corrected chi connectivity index (χ4v) is 1.75. The van der Waals surface area contributed by atoms with E-state index >= 15 is 0 Å². The van der Waals surface area contributed by atoms with Crippen molar-refractivity contribution in [2.75, 3.05) is 12.4 Å². The lowest BCUT2D eigenvalue weighted by Crippen LogP contribution is -1.90. The van der Waals surface area contributed by atoms with Crippen LogP contribution in [0.15, 0.2) is 35.5 Å². The highest BCUT2D eigenvalue weighted by Gasteiger charge is 1.98. The molecule has 4 heteroatoms. The van der Waals surface area contributed by atoms with Crippen molar-refractivity contribution in [3.05, 3.63) is 30.5 Å². The molecule has 72 valence electrons. The van der Waals surface area contributed by atoms with Crippen molar-refractivity contribution in [1.29, 1.82) is 0 Å². The Balaban J connectivity index is 2.32. The zero-order valence-corrected chi connectivity index (χ0v) is 8.37. The van der Waals surface area contributed by atoms with Crippen LogP contribution < -0.4 is 0 Å². The van der Waals surface area contributed by atoms with Gasteiger partial charge in [0.05, 0.1) is 23.8 Å². The third-order valence-electron chi connectivity index (χ3n) is 1.77. The molecule has 1 aromatic heterocycles. The predicted octanol–water partition coefficient (Wildman–Crippen LogP) is 1.71. The summed E-state index contributed by atoms with van der Waals surface area (Å²) >= 11 is 1.51. The van der Waals surface area contributed by atoms with E-state index in [-0.39, 0.29) is 6.61 Å². The van der Waals surface area contributed by atoms with E-state index in [9.17, 15) is 0 Å². The number of aliphatic hydroxyl groups excluding tert-OH is 1. The minimum absolute atomic E-state index is 0.166. The number of nitrogens with zero attached hydrogens (tertiary/aromatic N) is 2. The normalized spacial score (nSPS) is 10.6. The summed E-state index contributed by atoms with van der Waals surface area (Å²) < 4.78 is 0. The lowest BCUT2D eigenvalue weighted by atomic mass is 10.3. The molecule has 0 aliphatic carbocycles. The minimum atomic E-state index is 0.166. The molecule has 0 radical (unpaired) electrons. The number of fused-ring (bicyclic) bond motifs is 1. The highest BCUT2D eigenvalue weighted by molar-refractivity contribution is 7.99. The van der Waals surface area contributed by atoms with Crippen LogP contribution in [0.4, 0.5) is 0 Å². The smallest absolute Gasteiger partial charge is 0.115 e. The van der Waals surface area contributed by atoms with E-state index in [1.54, 1.807) is 6.20 Å². The maximum absolute atomic E-state index is 8.67. The summed E-state index contributed by atoms with van der Waals surface area (Å²) in [5, 5.41) is 9.53. The SMILES string of the molecule is OCCSc1cnc2ccccc2n1. The zero-order chi connectivity index (χ0) is 9.80. The molecule has 3 nitrogen and oxygen atoms in total. The van der Waals surface area contributed by atoms with Gasteiger partial charge >= 0.3 is 0 Å². The van der Waals surface area contributed by atoms with Gasteiger partial charge in [-0.3, -0.25) is 4.98 Å². The van der Waals surface area contributed by atoms with Gasteiger partial charge in [0.2, 0.25) is 0 Å². The molecule has 0 atom stereocenters. The van der Waals surface area contributed by atoms with E-state index in [1.807, 2.05) is 24.3 Å². The van der Waals surface area contributed by atoms with Crippen LogP contribution in [0.25, 0.3) is 11.0 Å². The Bertz CT molecular complexity index is 433. The van der Waals surface area contributed by atoms with Crippen molar-refractivity contribution in [2.45, 2.75) is 5.03 Å². The fourth-order valence-electron chi connectivity index (χ4n) is 1.16. The molecule has 14 heavy (non-hydrogen) atoms. The lowest BCUT2D eigenvalue weighted by Gasteiger charge is -1.99. The highest BCUT2D eigenvalue weighted by atomic mass is 32.2. The zero-order valence-electron chi connectivity index (χ0n) is 7.55. The van der Waals surface area contributed by atoms with Crippen LogP contribution in [-0.4, -0.2) is 27.4 Å². The maximum atomic E-state index is 8.67. The molecule has 0 amide bonds. The molecule has 0 aliphatic rings. The lowest BCUT2D eigenvalue weighted by molar-refractivity contribution is 0.322. The summed E-state index contributed by atoms with van der Waals surface area (Å²) in [5.74, 6) is 0.660. The third-order valence-corrected chi connectivity index (χ3v) is 2.65. The fraction of sp³-hybridized carbons (Fsp3) is 0.200. The average molecular weight is 206 g/mol. The topological polar surface area (TPSA) is 46.0 Å². The molecule has 0 spiro atoms. The van der Waals surface area contributed by atoms with Crippen LogP contribution in [0.3, 0.4) is 0 Å². The van der Waals surface area contributed by atoms with Crippen LogP contribution in [-0.2, 0) is 0 Å². The van der Waals surface area contributed by atoms with Gasteiger partial charge in [-0.1, -0.05) is 12.1 Å². The number of aliphatic hydroxyl groups is 1. The van der Waals surface area contributed by atoms with Gasteiger partial charge in [0, 0.05) is 5.75 Å². The molecule has 0 aliphatic heterocycles. The molecule has 1 N–H and O–H groups in total. The van der Waals surface area contributed by atoms with E-state index in [0.717, 1.165) is 16.1 Å². The molecule has 0 fully saturated rings. The Morgan fingerprint density at radius 1 is 1.21 bits per heavy atom. The molecule has 0 saturated heterocycles. The first-order valence-corrected chi connectivity index (χ1v) is 5.34. The number of rotatable bonds is 3. The van der Waals surface area contributed by atoms with Gasteiger partial charge < -0.3 is 5.11 Å². The summed E-state index contributed by atoms with van der Waals surface area (Å²) in [6.45, 7) is 0.166. The summed E-state index contributed by atoms with van der Waals surface area (Å²) in [6, 6.07) is 7.75. The number of hydrogen-bond donors (Lipinski definition) is 1. The summed E-state index contributed by atoms with van der Waals surface area (Å²) in [4.78, 5) is 8.67. The van der Waals surface area contributed by atoms with Crippen molar-refractivity contribution >= 4 is 22.8 Å². The summed E-state index contributed by atoms with van der Waals surface area (Å²) in [5.41, 5.74) is 1.80. The van der Waals surface area contributed by atoms with Crippen LogP contribution in [0.2, 0.25) is 0 Å². The summed E-state index contributed by atoms with van der Waals surface area (Å²) in [6.07, 6.45) is 1.74. The van der Waals surface area contributed by atoms with Gasteiger partial charge in [0.1, 0.15) is 5.03 Å². The van der Waals surface area contributed by atoms with Crippen LogP contribution in [0.1, 0.15) is 0 Å². The summed E-state index contributed by atoms with van der Waals surface area (Å²) in [7, 11) is 0. The number of hydrogen-bond acceptors (Lipinski definition) is 4. The predicted molar refractivity (Wildman–Crippen MR) is 57.3 cm³/mol. The van der Waals surface area contributed by atoms with Crippen molar-refractivity contribution in [2.24, 2.45) is 0 Å². The Morgan fingerprint density at radius 2 is 2.00 bits per heavy atom. The molecule has 2 aromatic rings. The van der Waals surface area contributed by atoms with Crippen molar-refractivity contribution in [3.8, 4) is 0 Å². The molecule has 0 bridgehead atoms. The first-order chi connectivity index (χ1) is 6.90. The number of benzene rings is 1. The maximum Gasteiger partial charge on any atom is 0.115 e. The van der Waals surface area contributed by atoms with Crippen LogP contribution in [0, 0.1) is 0 Å². The Hall–Kier alpha value is -1.13. The third kappa shape index (κ3) is 2.02. The van der Waals surface area contributed by atoms with Gasteiger partial charge in [0.25, 0.3) is 0 Å². The first-order valence-electron chi connectivity index (χ1n) is 4.35. The molecule has 1 heterocycles. The minimum Gasteiger partial charge on any atom is -0.396 e. The van der Waals surface area contributed by atoms with E-state index in [2.05, 4.69) is 9.97 Å². The van der Waals surface area contributed by atoms with Gasteiger partial charge in [-0.05, 0) is 12.1 Å². The molecule has 1 aromatic carbocycles. The van der Waals surface area contributed by atoms with Crippen molar-refractivity contribution in [3.63, 3.8) is 0 Å². The van der Waals surface area contributed by atoms with Crippen molar-refractivity contribution < 1.29 is 5.11 Å². The number of para-hydroxylation sites is 2. The Labute approximate surface area is 86.2 Å². The first kappa shape index (κ1) is 9.43. The van der Waals surface area contributed by atoms with Gasteiger partial charge in [-0.2, -0.15) is 0 Å². The molecule has 0 saturated carbocycles. The molecule has 0 unspecified atom stereocenters. The quantitative estimate of drug-likeness (QED) is 0.777. The Kier molecular flexibility index (Phi) is 2.96. The van der Waals surface area contributed by atoms with Gasteiger partial charge in [0.15, 0.2) is 0 Å². The van der Waals surface area contributed by atoms with E-state index in [1.165, 1.54) is 11.8 Å². The van der Waals surface area contributed by atoms with Crippen LogP contribution >= 0.6 is 11.8 Å². The van der Waals surface area contributed by atoms with E-state index < -0.39 is 0 Å². The molecular weight excluding hydrogens is 196 g/mol. The Morgan fingerprint density at radius 3 is 2.79 bits per heavy atom. The highest BCUT2D eigenvalue weighted by Crippen LogP contribution is 2.16. The second-order valence-electron chi connectivity index (χ2n) is 2.77. The van der Waals surface area contributed by atoms with Crippen molar-refractivity contribution in [1.82, 2.24) is 9.97 Å². The van der Waals surface area contributed by atoms with Crippen LogP contribution in [0.5, 0.6) is 0 Å². The number of aromatic nitrogens is 2. The standard InChI is InChI=1S/C10H10N2OS/c13-5-6-14-10-7-11-8-3-1-2-4-9(8)12-10/h1-4,7,13H,5-6H2. The second-order valence-corrected chi connectivity index (χ2v) is 3.88. The van der Waals surface area contributed by atoms with E-state index in [4.69, 9.17) is 5.11 Å². The largest absolute Gasteiger partial charge is 0.396 e. The van der Waals surface area contributed by atoms with Gasteiger partial charge in [-0.25, -0.2) is 4.98 Å². The van der Waals surface area contributed by atoms with E-state index in [0.29, 0.717) is 5.75 Å². The van der Waals surface area contributed by atoms with Gasteiger partial charge in [-0.15, -0.1) is 11.8 Å². The second kappa shape index (κ2) is 4.39. The average Bonchev–Trinajstić information content (AvgIpc) is 2.26.